The van der Waals surface area contributed by atoms with Crippen molar-refractivity contribution in [3.63, 3.8) is 0 Å². The number of amides is 1. The summed E-state index contributed by atoms with van der Waals surface area (Å²) < 4.78 is 11.0. The van der Waals surface area contributed by atoms with Crippen molar-refractivity contribution in [1.29, 1.82) is 0 Å². The maximum atomic E-state index is 13.0. The number of benzene rings is 3. The fourth-order valence-electron chi connectivity index (χ4n) is 2.92. The minimum Gasteiger partial charge on any atom is -0.493 e. The molecule has 3 aromatic carbocycles. The zero-order chi connectivity index (χ0) is 20.6. The molecule has 0 aliphatic rings. The molecule has 0 atom stereocenters. The summed E-state index contributed by atoms with van der Waals surface area (Å²) >= 11 is 0. The molecule has 0 aliphatic carbocycles. The first-order valence-corrected chi connectivity index (χ1v) is 9.29. The predicted octanol–water partition coefficient (Wildman–Crippen LogP) is 4.51. The van der Waals surface area contributed by atoms with Crippen LogP contribution in [0.2, 0.25) is 0 Å². The summed E-state index contributed by atoms with van der Waals surface area (Å²) in [6.07, 6.45) is 0. The number of ketones is 1. The van der Waals surface area contributed by atoms with Gasteiger partial charge in [0.05, 0.1) is 13.7 Å². The van der Waals surface area contributed by atoms with Gasteiger partial charge in [-0.1, -0.05) is 48.5 Å². The normalized spacial score (nSPS) is 10.3. The summed E-state index contributed by atoms with van der Waals surface area (Å²) in [6.45, 7) is 1.77. The van der Waals surface area contributed by atoms with E-state index in [4.69, 9.17) is 9.47 Å². The molecule has 0 aliphatic heterocycles. The number of Topliss-reactive ketones (excluding diaryl/α,β-unsaturated/α-hetero) is 1. The summed E-state index contributed by atoms with van der Waals surface area (Å²) in [4.78, 5) is 26.2. The van der Waals surface area contributed by atoms with Crippen molar-refractivity contribution in [3.05, 3.63) is 90.0 Å². The van der Waals surface area contributed by atoms with Gasteiger partial charge in [-0.05, 0) is 42.8 Å². The van der Waals surface area contributed by atoms with Gasteiger partial charge in [0.2, 0.25) is 0 Å². The Labute approximate surface area is 170 Å². The van der Waals surface area contributed by atoms with Gasteiger partial charge in [-0.2, -0.15) is 0 Å². The van der Waals surface area contributed by atoms with E-state index in [9.17, 15) is 9.59 Å². The number of nitrogens with zero attached hydrogens (tertiary/aromatic N) is 1. The van der Waals surface area contributed by atoms with Crippen LogP contribution in [0.15, 0.2) is 78.9 Å². The third-order valence-corrected chi connectivity index (χ3v) is 4.47. The van der Waals surface area contributed by atoms with E-state index in [0.717, 1.165) is 11.3 Å². The first-order chi connectivity index (χ1) is 14.1. The van der Waals surface area contributed by atoms with Crippen LogP contribution >= 0.6 is 0 Å². The van der Waals surface area contributed by atoms with Crippen LogP contribution in [0.5, 0.6) is 11.5 Å². The van der Waals surface area contributed by atoms with E-state index in [-0.39, 0.29) is 18.3 Å². The second-order valence-corrected chi connectivity index (χ2v) is 6.51. The topological polar surface area (TPSA) is 55.8 Å². The molecule has 5 heteroatoms. The monoisotopic (exact) mass is 389 g/mol. The van der Waals surface area contributed by atoms with Crippen LogP contribution in [-0.2, 0) is 11.3 Å². The Morgan fingerprint density at radius 2 is 1.52 bits per heavy atom. The van der Waals surface area contributed by atoms with E-state index >= 15 is 0 Å². The average Bonchev–Trinajstić information content (AvgIpc) is 2.77. The molecule has 0 heterocycles. The summed E-state index contributed by atoms with van der Waals surface area (Å²) in [7, 11) is 1.50. The Kier molecular flexibility index (Phi) is 6.63. The van der Waals surface area contributed by atoms with Gasteiger partial charge < -0.3 is 14.4 Å². The number of hydrogen-bond donors (Lipinski definition) is 0. The van der Waals surface area contributed by atoms with Gasteiger partial charge in [-0.25, -0.2) is 0 Å². The maximum Gasteiger partial charge on any atom is 0.265 e. The minimum atomic E-state index is -0.183. The Morgan fingerprint density at radius 3 is 2.14 bits per heavy atom. The smallest absolute Gasteiger partial charge is 0.265 e. The third-order valence-electron chi connectivity index (χ3n) is 4.47. The molecule has 0 unspecified atom stereocenters. The molecule has 0 bridgehead atoms. The second kappa shape index (κ2) is 9.55. The zero-order valence-corrected chi connectivity index (χ0v) is 16.5. The summed E-state index contributed by atoms with van der Waals surface area (Å²) in [5, 5.41) is 0. The van der Waals surface area contributed by atoms with Gasteiger partial charge in [-0.15, -0.1) is 0 Å². The largest absolute Gasteiger partial charge is 0.493 e. The second-order valence-electron chi connectivity index (χ2n) is 6.51. The molecule has 3 rings (SSSR count). The van der Waals surface area contributed by atoms with E-state index < -0.39 is 0 Å². The molecule has 0 saturated carbocycles. The number of carbonyl (C=O) groups excluding carboxylic acids is 2. The van der Waals surface area contributed by atoms with Gasteiger partial charge in [0.25, 0.3) is 5.91 Å². The highest BCUT2D eigenvalue weighted by Crippen LogP contribution is 2.28. The molecular formula is C24H23NO4. The number of carbonyl (C=O) groups is 2. The molecular weight excluding hydrogens is 366 g/mol. The Bertz CT molecular complexity index is 971. The van der Waals surface area contributed by atoms with E-state index in [1.54, 1.807) is 23.1 Å². The number of methoxy groups -OCH3 is 1. The van der Waals surface area contributed by atoms with E-state index in [0.29, 0.717) is 23.6 Å². The lowest BCUT2D eigenvalue weighted by molar-refractivity contribution is -0.120. The van der Waals surface area contributed by atoms with Crippen LogP contribution < -0.4 is 14.4 Å². The highest BCUT2D eigenvalue weighted by molar-refractivity contribution is 5.95. The highest BCUT2D eigenvalue weighted by Gasteiger charge is 2.18. The lowest BCUT2D eigenvalue weighted by Gasteiger charge is -2.23. The van der Waals surface area contributed by atoms with Crippen molar-refractivity contribution >= 4 is 17.4 Å². The third kappa shape index (κ3) is 5.23. The molecule has 1 amide bonds. The molecule has 3 aromatic rings. The Hall–Kier alpha value is -3.60. The Morgan fingerprint density at radius 1 is 0.862 bits per heavy atom. The SMILES string of the molecule is COc1cc(C(C)=O)ccc1OCC(=O)N(Cc1ccccc1)c1ccccc1. The van der Waals surface area contributed by atoms with Crippen LogP contribution in [0.25, 0.3) is 0 Å². The van der Waals surface area contributed by atoms with Crippen molar-refractivity contribution in [2.24, 2.45) is 0 Å². The van der Waals surface area contributed by atoms with Crippen LogP contribution in [-0.4, -0.2) is 25.4 Å². The van der Waals surface area contributed by atoms with Crippen LogP contribution in [0.1, 0.15) is 22.8 Å². The van der Waals surface area contributed by atoms with E-state index in [1.165, 1.54) is 14.0 Å². The van der Waals surface area contributed by atoms with E-state index in [1.807, 2.05) is 60.7 Å². The van der Waals surface area contributed by atoms with Gasteiger partial charge in [0.15, 0.2) is 23.9 Å². The molecule has 5 nitrogen and oxygen atoms in total. The lowest BCUT2D eigenvalue weighted by Crippen LogP contribution is -2.34. The van der Waals surface area contributed by atoms with Crippen molar-refractivity contribution in [1.82, 2.24) is 0 Å². The standard InChI is InChI=1S/C24H23NO4/c1-18(26)20-13-14-22(23(15-20)28-2)29-17-24(27)25(21-11-7-4-8-12-21)16-19-9-5-3-6-10-19/h3-15H,16-17H2,1-2H3. The van der Waals surface area contributed by atoms with Crippen LogP contribution in [0.4, 0.5) is 5.69 Å². The van der Waals surface area contributed by atoms with Gasteiger partial charge >= 0.3 is 0 Å². The zero-order valence-electron chi connectivity index (χ0n) is 16.5. The first kappa shape index (κ1) is 20.1. The van der Waals surface area contributed by atoms with Gasteiger partial charge in [0.1, 0.15) is 0 Å². The molecule has 29 heavy (non-hydrogen) atoms. The summed E-state index contributed by atoms with van der Waals surface area (Å²) in [5.74, 6) is 0.584. The lowest BCUT2D eigenvalue weighted by atomic mass is 10.1. The fraction of sp³-hybridized carbons (Fsp3) is 0.167. The fourth-order valence-corrected chi connectivity index (χ4v) is 2.92. The molecule has 148 valence electrons. The maximum absolute atomic E-state index is 13.0. The van der Waals surface area contributed by atoms with Gasteiger partial charge in [-0.3, -0.25) is 9.59 Å². The van der Waals surface area contributed by atoms with Gasteiger partial charge in [0, 0.05) is 11.3 Å². The predicted molar refractivity (Wildman–Crippen MR) is 113 cm³/mol. The van der Waals surface area contributed by atoms with Crippen molar-refractivity contribution in [2.45, 2.75) is 13.5 Å². The molecule has 0 fully saturated rings. The minimum absolute atomic E-state index is 0.0657. The van der Waals surface area contributed by atoms with Crippen molar-refractivity contribution in [2.75, 3.05) is 18.6 Å². The van der Waals surface area contributed by atoms with Crippen molar-refractivity contribution < 1.29 is 19.1 Å². The van der Waals surface area contributed by atoms with Crippen LogP contribution in [0.3, 0.4) is 0 Å². The van der Waals surface area contributed by atoms with E-state index in [2.05, 4.69) is 0 Å². The van der Waals surface area contributed by atoms with Crippen molar-refractivity contribution in [3.8, 4) is 11.5 Å². The number of ether oxygens (including phenoxy) is 2. The Balaban J connectivity index is 1.77. The molecule has 0 saturated heterocycles. The first-order valence-electron chi connectivity index (χ1n) is 9.29. The highest BCUT2D eigenvalue weighted by atomic mass is 16.5. The number of para-hydroxylation sites is 1. The molecule has 0 radical (unpaired) electrons. The number of anilines is 1. The van der Waals surface area contributed by atoms with Crippen LogP contribution in [0, 0.1) is 0 Å². The summed E-state index contributed by atoms with van der Waals surface area (Å²) in [6, 6.07) is 24.2. The summed E-state index contributed by atoms with van der Waals surface area (Å²) in [5.41, 5.74) is 2.34. The molecule has 0 N–H and O–H groups in total. The quantitative estimate of drug-likeness (QED) is 0.532. The number of hydrogen-bond acceptors (Lipinski definition) is 4. The molecule has 0 aromatic heterocycles. The molecule has 0 spiro atoms. The number of rotatable bonds is 8. The average molecular weight is 389 g/mol.